The molecule has 0 aromatic heterocycles. The summed E-state index contributed by atoms with van der Waals surface area (Å²) in [6.45, 7) is 3.93. The molecule has 23 heavy (non-hydrogen) atoms. The molecule has 2 aliphatic carbocycles. The number of benzene rings is 1. The summed E-state index contributed by atoms with van der Waals surface area (Å²) in [6, 6.07) is 7.82. The second-order valence-corrected chi connectivity index (χ2v) is 7.50. The molecule has 1 N–H and O–H groups in total. The number of rotatable bonds is 4. The third-order valence-electron chi connectivity index (χ3n) is 5.94. The third kappa shape index (κ3) is 4.50. The normalized spacial score (nSPS) is 32.0. The van der Waals surface area contributed by atoms with E-state index < -0.39 is 0 Å². The van der Waals surface area contributed by atoms with E-state index in [1.807, 2.05) is 12.1 Å². The predicted octanol–water partition coefficient (Wildman–Crippen LogP) is 6.21. The number of hydrogen-bond donors (Lipinski definition) is 1. The molecule has 0 heterocycles. The zero-order chi connectivity index (χ0) is 16.1. The number of phenolic OH excluding ortho intramolecular Hbond substituents is 1. The molecular formula is C22H30O. The molecule has 0 atom stereocenters. The third-order valence-corrected chi connectivity index (χ3v) is 5.94. The lowest BCUT2D eigenvalue weighted by Gasteiger charge is -2.28. The van der Waals surface area contributed by atoms with Gasteiger partial charge in [-0.2, -0.15) is 0 Å². The van der Waals surface area contributed by atoms with Crippen molar-refractivity contribution in [1.82, 2.24) is 0 Å². The summed E-state index contributed by atoms with van der Waals surface area (Å²) in [5, 5.41) is 9.41. The predicted molar refractivity (Wildman–Crippen MR) is 97.6 cm³/mol. The highest BCUT2D eigenvalue weighted by Crippen LogP contribution is 2.37. The van der Waals surface area contributed by atoms with Crippen LogP contribution in [-0.2, 0) is 0 Å². The van der Waals surface area contributed by atoms with Crippen LogP contribution < -0.4 is 0 Å². The molecule has 0 radical (unpaired) electrons. The first-order valence-corrected chi connectivity index (χ1v) is 9.34. The Kier molecular flexibility index (Phi) is 5.59. The number of aromatic hydroxyl groups is 1. The topological polar surface area (TPSA) is 20.2 Å². The Labute approximate surface area is 141 Å². The lowest BCUT2D eigenvalue weighted by molar-refractivity contribution is 0.349. The fourth-order valence-electron chi connectivity index (χ4n) is 4.28. The SMILES string of the molecule is C=CC1CCC(/C=C/C2CCC(c3ccc(O)cc3)CC2)CC1. The van der Waals surface area contributed by atoms with E-state index in [0.29, 0.717) is 11.7 Å². The van der Waals surface area contributed by atoms with Gasteiger partial charge in [0.25, 0.3) is 0 Å². The second-order valence-electron chi connectivity index (χ2n) is 7.50. The van der Waals surface area contributed by atoms with Crippen LogP contribution in [0.25, 0.3) is 0 Å². The van der Waals surface area contributed by atoms with Gasteiger partial charge in [-0.1, -0.05) is 30.4 Å². The van der Waals surface area contributed by atoms with Crippen molar-refractivity contribution in [3.05, 3.63) is 54.6 Å². The summed E-state index contributed by atoms with van der Waals surface area (Å²) in [6.07, 6.45) is 17.7. The van der Waals surface area contributed by atoms with Crippen molar-refractivity contribution in [2.45, 2.75) is 57.3 Å². The Morgan fingerprint density at radius 3 is 1.74 bits per heavy atom. The van der Waals surface area contributed by atoms with E-state index in [1.165, 1.54) is 56.9 Å². The quantitative estimate of drug-likeness (QED) is 0.655. The lowest BCUT2D eigenvalue weighted by atomic mass is 9.77. The van der Waals surface area contributed by atoms with Crippen LogP contribution in [0.1, 0.15) is 62.8 Å². The van der Waals surface area contributed by atoms with Gasteiger partial charge in [0.1, 0.15) is 5.75 Å². The fraction of sp³-hybridized carbons (Fsp3) is 0.545. The van der Waals surface area contributed by atoms with Crippen LogP contribution in [0.3, 0.4) is 0 Å². The molecule has 2 fully saturated rings. The van der Waals surface area contributed by atoms with E-state index in [2.05, 4.69) is 36.9 Å². The maximum atomic E-state index is 9.41. The smallest absolute Gasteiger partial charge is 0.115 e. The number of phenols is 1. The molecule has 1 aromatic carbocycles. The van der Waals surface area contributed by atoms with Crippen LogP contribution in [0.15, 0.2) is 49.1 Å². The first kappa shape index (κ1) is 16.4. The summed E-state index contributed by atoms with van der Waals surface area (Å²) >= 11 is 0. The van der Waals surface area contributed by atoms with E-state index in [1.54, 1.807) is 0 Å². The zero-order valence-electron chi connectivity index (χ0n) is 14.2. The Bertz CT molecular complexity index is 511. The van der Waals surface area contributed by atoms with Gasteiger partial charge < -0.3 is 5.11 Å². The van der Waals surface area contributed by atoms with Crippen molar-refractivity contribution < 1.29 is 5.11 Å². The molecule has 0 unspecified atom stereocenters. The Morgan fingerprint density at radius 1 is 0.739 bits per heavy atom. The number of allylic oxidation sites excluding steroid dienone is 3. The monoisotopic (exact) mass is 310 g/mol. The minimum atomic E-state index is 0.372. The van der Waals surface area contributed by atoms with Gasteiger partial charge in [-0.3, -0.25) is 0 Å². The summed E-state index contributed by atoms with van der Waals surface area (Å²) in [5.41, 5.74) is 1.40. The molecule has 0 amide bonds. The first-order chi connectivity index (χ1) is 11.2. The minimum Gasteiger partial charge on any atom is -0.508 e. The average Bonchev–Trinajstić information content (AvgIpc) is 2.61. The van der Waals surface area contributed by atoms with E-state index >= 15 is 0 Å². The van der Waals surface area contributed by atoms with Crippen molar-refractivity contribution in [3.63, 3.8) is 0 Å². The molecule has 2 aliphatic rings. The van der Waals surface area contributed by atoms with Crippen molar-refractivity contribution in [3.8, 4) is 5.75 Å². The van der Waals surface area contributed by atoms with Crippen molar-refractivity contribution in [2.75, 3.05) is 0 Å². The summed E-state index contributed by atoms with van der Waals surface area (Å²) in [7, 11) is 0. The van der Waals surface area contributed by atoms with E-state index in [9.17, 15) is 5.11 Å². The summed E-state index contributed by atoms with van der Waals surface area (Å²) < 4.78 is 0. The Morgan fingerprint density at radius 2 is 1.22 bits per heavy atom. The minimum absolute atomic E-state index is 0.372. The van der Waals surface area contributed by atoms with Gasteiger partial charge in [0.15, 0.2) is 0 Å². The highest BCUT2D eigenvalue weighted by molar-refractivity contribution is 5.28. The second kappa shape index (κ2) is 7.86. The maximum absolute atomic E-state index is 9.41. The van der Waals surface area contributed by atoms with E-state index in [4.69, 9.17) is 0 Å². The summed E-state index contributed by atoms with van der Waals surface area (Å²) in [5.74, 6) is 3.40. The van der Waals surface area contributed by atoms with Crippen LogP contribution in [-0.4, -0.2) is 5.11 Å². The molecule has 124 valence electrons. The van der Waals surface area contributed by atoms with Crippen LogP contribution >= 0.6 is 0 Å². The first-order valence-electron chi connectivity index (χ1n) is 9.34. The van der Waals surface area contributed by atoms with Crippen LogP contribution in [0.2, 0.25) is 0 Å². The van der Waals surface area contributed by atoms with Gasteiger partial charge in [0.05, 0.1) is 0 Å². The molecule has 3 rings (SSSR count). The van der Waals surface area contributed by atoms with Crippen LogP contribution in [0, 0.1) is 17.8 Å². The molecule has 0 aliphatic heterocycles. The standard InChI is InChI=1S/C22H30O/c1-2-17-3-5-18(6-4-17)7-8-19-9-11-20(12-10-19)21-13-15-22(23)16-14-21/h2,7-8,13-20,23H,1,3-6,9-12H2/b8-7+. The molecule has 1 heteroatoms. The molecule has 0 spiro atoms. The van der Waals surface area contributed by atoms with Gasteiger partial charge in [0.2, 0.25) is 0 Å². The Balaban J connectivity index is 1.45. The Hall–Kier alpha value is -1.50. The van der Waals surface area contributed by atoms with E-state index in [0.717, 1.165) is 17.8 Å². The summed E-state index contributed by atoms with van der Waals surface area (Å²) in [4.78, 5) is 0. The van der Waals surface area contributed by atoms with Crippen molar-refractivity contribution in [2.24, 2.45) is 17.8 Å². The van der Waals surface area contributed by atoms with Gasteiger partial charge in [-0.15, -0.1) is 6.58 Å². The molecular weight excluding hydrogens is 280 g/mol. The average molecular weight is 310 g/mol. The van der Waals surface area contributed by atoms with Gasteiger partial charge >= 0.3 is 0 Å². The highest BCUT2D eigenvalue weighted by atomic mass is 16.3. The molecule has 0 bridgehead atoms. The number of hydrogen-bond acceptors (Lipinski definition) is 1. The van der Waals surface area contributed by atoms with Crippen LogP contribution in [0.5, 0.6) is 5.75 Å². The van der Waals surface area contributed by atoms with Gasteiger partial charge in [0, 0.05) is 0 Å². The van der Waals surface area contributed by atoms with Crippen LogP contribution in [0.4, 0.5) is 0 Å². The highest BCUT2D eigenvalue weighted by Gasteiger charge is 2.22. The van der Waals surface area contributed by atoms with Crippen molar-refractivity contribution in [1.29, 1.82) is 0 Å². The fourth-order valence-corrected chi connectivity index (χ4v) is 4.28. The molecule has 1 nitrogen and oxygen atoms in total. The lowest BCUT2D eigenvalue weighted by Crippen LogP contribution is -2.13. The molecule has 0 saturated heterocycles. The van der Waals surface area contributed by atoms with E-state index in [-0.39, 0.29) is 0 Å². The zero-order valence-corrected chi connectivity index (χ0v) is 14.2. The van der Waals surface area contributed by atoms with Crippen molar-refractivity contribution >= 4 is 0 Å². The molecule has 1 aromatic rings. The van der Waals surface area contributed by atoms with Gasteiger partial charge in [-0.25, -0.2) is 0 Å². The van der Waals surface area contributed by atoms with Gasteiger partial charge in [-0.05, 0) is 92.7 Å². The maximum Gasteiger partial charge on any atom is 0.115 e. The molecule has 2 saturated carbocycles. The largest absolute Gasteiger partial charge is 0.508 e.